The lowest BCUT2D eigenvalue weighted by atomic mass is 10.2. The summed E-state index contributed by atoms with van der Waals surface area (Å²) in [5.41, 5.74) is 1.67. The number of methoxy groups -OCH3 is 1. The van der Waals surface area contributed by atoms with E-state index in [2.05, 4.69) is 15.2 Å². The number of aromatic nitrogens is 4. The lowest BCUT2D eigenvalue weighted by molar-refractivity contribution is -0.127. The van der Waals surface area contributed by atoms with Crippen LogP contribution in [0.15, 0.2) is 53.9 Å². The van der Waals surface area contributed by atoms with Gasteiger partial charge in [0.05, 0.1) is 18.6 Å². The molecular weight excluding hydrogens is 374 g/mol. The quantitative estimate of drug-likeness (QED) is 0.598. The fraction of sp³-hybridized carbons (Fsp3) is 0.300. The Hall–Kier alpha value is -2.87. The Labute approximate surface area is 167 Å². The first-order chi connectivity index (χ1) is 13.8. The van der Waals surface area contributed by atoms with E-state index >= 15 is 0 Å². The number of benzene rings is 1. The number of amides is 1. The Bertz CT molecular complexity index is 954. The summed E-state index contributed by atoms with van der Waals surface area (Å²) in [6, 6.07) is 11.5. The fourth-order valence-electron chi connectivity index (χ4n) is 3.26. The number of ether oxygens (including phenoxy) is 1. The maximum Gasteiger partial charge on any atom is 0.233 e. The van der Waals surface area contributed by atoms with Crippen LogP contribution in [0.25, 0.3) is 17.1 Å². The molecule has 0 N–H and O–H groups in total. The number of likely N-dealkylation sites (tertiary alicyclic amines) is 1. The van der Waals surface area contributed by atoms with Crippen LogP contribution in [0, 0.1) is 0 Å². The molecule has 0 bridgehead atoms. The van der Waals surface area contributed by atoms with Gasteiger partial charge in [0, 0.05) is 31.0 Å². The van der Waals surface area contributed by atoms with Gasteiger partial charge in [-0.2, -0.15) is 0 Å². The SMILES string of the molecule is COc1ccccc1-n1c(SCC(=O)N2CCCC2)nnc1-c1cccnc1. The predicted octanol–water partition coefficient (Wildman–Crippen LogP) is 3.05. The van der Waals surface area contributed by atoms with Crippen LogP contribution in [0.3, 0.4) is 0 Å². The molecule has 1 aliphatic heterocycles. The molecule has 3 aromatic rings. The molecule has 28 heavy (non-hydrogen) atoms. The Morgan fingerprint density at radius 1 is 1.14 bits per heavy atom. The van der Waals surface area contributed by atoms with Crippen LogP contribution in [0.2, 0.25) is 0 Å². The minimum atomic E-state index is 0.139. The summed E-state index contributed by atoms with van der Waals surface area (Å²) in [7, 11) is 1.64. The second-order valence-electron chi connectivity index (χ2n) is 6.43. The largest absolute Gasteiger partial charge is 0.495 e. The van der Waals surface area contributed by atoms with Gasteiger partial charge in [-0.1, -0.05) is 23.9 Å². The van der Waals surface area contributed by atoms with Gasteiger partial charge in [0.2, 0.25) is 5.91 Å². The lowest BCUT2D eigenvalue weighted by Gasteiger charge is -2.16. The van der Waals surface area contributed by atoms with Crippen LogP contribution in [0.1, 0.15) is 12.8 Å². The Balaban J connectivity index is 1.70. The summed E-state index contributed by atoms with van der Waals surface area (Å²) < 4.78 is 7.47. The van der Waals surface area contributed by atoms with Crippen LogP contribution in [0.5, 0.6) is 5.75 Å². The highest BCUT2D eigenvalue weighted by atomic mass is 32.2. The zero-order valence-corrected chi connectivity index (χ0v) is 16.4. The van der Waals surface area contributed by atoms with Gasteiger partial charge >= 0.3 is 0 Å². The highest BCUT2D eigenvalue weighted by Gasteiger charge is 2.22. The van der Waals surface area contributed by atoms with Crippen molar-refractivity contribution in [2.75, 3.05) is 26.0 Å². The Kier molecular flexibility index (Phi) is 5.57. The third-order valence-electron chi connectivity index (χ3n) is 4.66. The summed E-state index contributed by atoms with van der Waals surface area (Å²) >= 11 is 1.39. The molecule has 0 unspecified atom stereocenters. The van der Waals surface area contributed by atoms with Crippen molar-refractivity contribution in [1.82, 2.24) is 24.6 Å². The summed E-state index contributed by atoms with van der Waals surface area (Å²) in [5.74, 6) is 1.84. The predicted molar refractivity (Wildman–Crippen MR) is 108 cm³/mol. The lowest BCUT2D eigenvalue weighted by Crippen LogP contribution is -2.29. The number of hydrogen-bond acceptors (Lipinski definition) is 6. The number of nitrogens with zero attached hydrogens (tertiary/aromatic N) is 5. The first-order valence-electron chi connectivity index (χ1n) is 9.17. The average Bonchev–Trinajstić information content (AvgIpc) is 3.43. The molecule has 1 amide bonds. The highest BCUT2D eigenvalue weighted by molar-refractivity contribution is 7.99. The fourth-order valence-corrected chi connectivity index (χ4v) is 4.11. The van der Waals surface area contributed by atoms with Crippen molar-refractivity contribution in [3.63, 3.8) is 0 Å². The third-order valence-corrected chi connectivity index (χ3v) is 5.58. The van der Waals surface area contributed by atoms with Gasteiger partial charge in [-0.3, -0.25) is 14.3 Å². The summed E-state index contributed by atoms with van der Waals surface area (Å²) in [4.78, 5) is 18.6. The molecule has 0 aliphatic carbocycles. The second kappa shape index (κ2) is 8.43. The van der Waals surface area contributed by atoms with Crippen LogP contribution in [-0.4, -0.2) is 56.5 Å². The molecule has 0 saturated carbocycles. The molecule has 1 saturated heterocycles. The molecule has 1 aromatic carbocycles. The number of pyridine rings is 1. The molecule has 8 heteroatoms. The molecule has 2 aromatic heterocycles. The Morgan fingerprint density at radius 2 is 1.96 bits per heavy atom. The van der Waals surface area contributed by atoms with Crippen molar-refractivity contribution < 1.29 is 9.53 Å². The molecule has 0 radical (unpaired) electrons. The van der Waals surface area contributed by atoms with E-state index in [9.17, 15) is 4.79 Å². The monoisotopic (exact) mass is 395 g/mol. The number of hydrogen-bond donors (Lipinski definition) is 0. The average molecular weight is 395 g/mol. The van der Waals surface area contributed by atoms with Gasteiger partial charge in [0.1, 0.15) is 5.75 Å². The van der Waals surface area contributed by atoms with Crippen molar-refractivity contribution in [3.05, 3.63) is 48.8 Å². The summed E-state index contributed by atoms with van der Waals surface area (Å²) in [6.45, 7) is 1.69. The topological polar surface area (TPSA) is 73.1 Å². The third kappa shape index (κ3) is 3.73. The number of rotatable bonds is 6. The van der Waals surface area contributed by atoms with Crippen molar-refractivity contribution >= 4 is 17.7 Å². The van der Waals surface area contributed by atoms with Gasteiger partial charge in [0.15, 0.2) is 11.0 Å². The molecule has 7 nitrogen and oxygen atoms in total. The molecule has 1 aliphatic rings. The summed E-state index contributed by atoms with van der Waals surface area (Å²) in [6.07, 6.45) is 5.63. The van der Waals surface area contributed by atoms with E-state index in [1.54, 1.807) is 19.5 Å². The molecule has 0 atom stereocenters. The van der Waals surface area contributed by atoms with E-state index in [4.69, 9.17) is 4.74 Å². The van der Waals surface area contributed by atoms with Gasteiger partial charge in [0.25, 0.3) is 0 Å². The van der Waals surface area contributed by atoms with E-state index < -0.39 is 0 Å². The van der Waals surface area contributed by atoms with Gasteiger partial charge < -0.3 is 9.64 Å². The van der Waals surface area contributed by atoms with E-state index in [-0.39, 0.29) is 5.91 Å². The van der Waals surface area contributed by atoms with E-state index in [1.807, 2.05) is 45.9 Å². The van der Waals surface area contributed by atoms with Crippen LogP contribution in [0.4, 0.5) is 0 Å². The smallest absolute Gasteiger partial charge is 0.233 e. The van der Waals surface area contributed by atoms with Gasteiger partial charge in [-0.05, 0) is 37.1 Å². The Morgan fingerprint density at radius 3 is 2.71 bits per heavy atom. The zero-order valence-electron chi connectivity index (χ0n) is 15.6. The molecule has 4 rings (SSSR count). The van der Waals surface area contributed by atoms with Gasteiger partial charge in [-0.15, -0.1) is 10.2 Å². The van der Waals surface area contributed by atoms with E-state index in [0.29, 0.717) is 22.5 Å². The minimum absolute atomic E-state index is 0.139. The first-order valence-corrected chi connectivity index (χ1v) is 10.2. The van der Waals surface area contributed by atoms with Crippen LogP contribution >= 0.6 is 11.8 Å². The van der Waals surface area contributed by atoms with Crippen molar-refractivity contribution in [3.8, 4) is 22.8 Å². The zero-order chi connectivity index (χ0) is 19.3. The van der Waals surface area contributed by atoms with E-state index in [1.165, 1.54) is 11.8 Å². The molecule has 1 fully saturated rings. The molecular formula is C20H21N5O2S. The maximum atomic E-state index is 12.5. The van der Waals surface area contributed by atoms with Crippen LogP contribution < -0.4 is 4.74 Å². The molecule has 0 spiro atoms. The van der Waals surface area contributed by atoms with Crippen molar-refractivity contribution in [2.45, 2.75) is 18.0 Å². The first kappa shape index (κ1) is 18.5. The van der Waals surface area contributed by atoms with Gasteiger partial charge in [-0.25, -0.2) is 0 Å². The molecule has 144 valence electrons. The van der Waals surface area contributed by atoms with Crippen LogP contribution in [-0.2, 0) is 4.79 Å². The number of carbonyl (C=O) groups is 1. The minimum Gasteiger partial charge on any atom is -0.495 e. The maximum absolute atomic E-state index is 12.5. The normalized spacial score (nSPS) is 13.7. The second-order valence-corrected chi connectivity index (χ2v) is 7.37. The number of thioether (sulfide) groups is 1. The number of para-hydroxylation sites is 2. The highest BCUT2D eigenvalue weighted by Crippen LogP contribution is 2.32. The standard InChI is InChI=1S/C20H21N5O2S/c1-27-17-9-3-2-8-16(17)25-19(15-7-6-10-21-13-15)22-23-20(25)28-14-18(26)24-11-4-5-12-24/h2-3,6-10,13H,4-5,11-12,14H2,1H3. The van der Waals surface area contributed by atoms with E-state index in [0.717, 1.165) is 37.2 Å². The number of carbonyl (C=O) groups excluding carboxylic acids is 1. The van der Waals surface area contributed by atoms with Crippen molar-refractivity contribution in [1.29, 1.82) is 0 Å². The summed E-state index contributed by atoms with van der Waals surface area (Å²) in [5, 5.41) is 9.40. The molecule has 3 heterocycles. The van der Waals surface area contributed by atoms with Crippen molar-refractivity contribution in [2.24, 2.45) is 0 Å².